The Bertz CT molecular complexity index is 696. The fourth-order valence-electron chi connectivity index (χ4n) is 2.32. The van der Waals surface area contributed by atoms with Crippen molar-refractivity contribution in [3.8, 4) is 5.75 Å². The van der Waals surface area contributed by atoms with Crippen LogP contribution in [0, 0.1) is 13.8 Å². The van der Waals surface area contributed by atoms with Gasteiger partial charge in [0.15, 0.2) is 0 Å². The molecule has 2 rings (SSSR count). The lowest BCUT2D eigenvalue weighted by molar-refractivity contribution is -0.115. The second kappa shape index (κ2) is 8.39. The molecule has 0 unspecified atom stereocenters. The monoisotopic (exact) mass is 326 g/mol. The van der Waals surface area contributed by atoms with Gasteiger partial charge in [0.05, 0.1) is 11.8 Å². The fraction of sp³-hybridized carbons (Fsp3) is 0.350. The van der Waals surface area contributed by atoms with Gasteiger partial charge in [0.1, 0.15) is 5.75 Å². The summed E-state index contributed by atoms with van der Waals surface area (Å²) in [5.74, 6) is 0.801. The van der Waals surface area contributed by atoms with Gasteiger partial charge in [-0.05, 0) is 63.1 Å². The number of nitrogens with one attached hydrogen (secondary N) is 2. The van der Waals surface area contributed by atoms with Crippen LogP contribution in [0.1, 0.15) is 31.4 Å². The minimum absolute atomic E-state index is 0.00647. The van der Waals surface area contributed by atoms with Gasteiger partial charge in [0, 0.05) is 18.7 Å². The number of rotatable bonds is 7. The van der Waals surface area contributed by atoms with Gasteiger partial charge in [-0.1, -0.05) is 18.2 Å². The van der Waals surface area contributed by atoms with Crippen LogP contribution in [-0.4, -0.2) is 18.6 Å². The molecule has 0 fully saturated rings. The molecular formula is C20H26N2O2. The summed E-state index contributed by atoms with van der Waals surface area (Å²) in [5.41, 5.74) is 4.14. The zero-order chi connectivity index (χ0) is 17.5. The number of ether oxygens (including phenoxy) is 1. The highest BCUT2D eigenvalue weighted by Gasteiger charge is 2.07. The van der Waals surface area contributed by atoms with E-state index in [9.17, 15) is 4.79 Å². The molecule has 0 aliphatic rings. The van der Waals surface area contributed by atoms with Crippen LogP contribution in [0.2, 0.25) is 0 Å². The Morgan fingerprint density at radius 3 is 2.54 bits per heavy atom. The van der Waals surface area contributed by atoms with Crippen molar-refractivity contribution in [3.05, 3.63) is 53.6 Å². The summed E-state index contributed by atoms with van der Waals surface area (Å²) in [4.78, 5) is 12.1. The zero-order valence-corrected chi connectivity index (χ0v) is 14.8. The van der Waals surface area contributed by atoms with Gasteiger partial charge in [-0.25, -0.2) is 0 Å². The quantitative estimate of drug-likeness (QED) is 0.786. The van der Waals surface area contributed by atoms with Crippen molar-refractivity contribution in [2.24, 2.45) is 0 Å². The normalized spacial score (nSPS) is 10.5. The zero-order valence-electron chi connectivity index (χ0n) is 14.8. The minimum Gasteiger partial charge on any atom is -0.489 e. The van der Waals surface area contributed by atoms with E-state index >= 15 is 0 Å². The number of hydrogen-bond acceptors (Lipinski definition) is 3. The fourth-order valence-corrected chi connectivity index (χ4v) is 2.32. The first-order chi connectivity index (χ1) is 11.5. The van der Waals surface area contributed by atoms with Gasteiger partial charge in [-0.2, -0.15) is 0 Å². The van der Waals surface area contributed by atoms with Crippen LogP contribution in [-0.2, 0) is 4.79 Å². The third-order valence-electron chi connectivity index (χ3n) is 3.71. The summed E-state index contributed by atoms with van der Waals surface area (Å²) in [6.45, 7) is 8.64. The van der Waals surface area contributed by atoms with E-state index in [1.807, 2.05) is 63.2 Å². The number of hydrogen-bond donors (Lipinski definition) is 2. The highest BCUT2D eigenvalue weighted by molar-refractivity contribution is 5.91. The first-order valence-electron chi connectivity index (χ1n) is 8.32. The summed E-state index contributed by atoms with van der Waals surface area (Å²) in [7, 11) is 0. The average molecular weight is 326 g/mol. The number of carbonyl (C=O) groups excluding carboxylic acids is 1. The number of benzene rings is 2. The molecule has 0 saturated heterocycles. The van der Waals surface area contributed by atoms with Gasteiger partial charge in [-0.15, -0.1) is 0 Å². The van der Waals surface area contributed by atoms with Crippen molar-refractivity contribution in [2.75, 3.05) is 17.2 Å². The Kier molecular flexibility index (Phi) is 6.24. The molecule has 2 N–H and O–H groups in total. The molecule has 0 aliphatic carbocycles. The Morgan fingerprint density at radius 1 is 1.08 bits per heavy atom. The topological polar surface area (TPSA) is 50.4 Å². The van der Waals surface area contributed by atoms with Crippen molar-refractivity contribution in [1.82, 2.24) is 0 Å². The Morgan fingerprint density at radius 2 is 1.83 bits per heavy atom. The van der Waals surface area contributed by atoms with E-state index in [-0.39, 0.29) is 12.0 Å². The largest absolute Gasteiger partial charge is 0.489 e. The predicted molar refractivity (Wildman–Crippen MR) is 99.9 cm³/mol. The molecule has 24 heavy (non-hydrogen) atoms. The molecule has 2 aromatic rings. The van der Waals surface area contributed by atoms with Crippen molar-refractivity contribution in [1.29, 1.82) is 0 Å². The number of carbonyl (C=O) groups is 1. The number of amides is 1. The summed E-state index contributed by atoms with van der Waals surface area (Å²) in [6, 6.07) is 13.7. The first-order valence-corrected chi connectivity index (χ1v) is 8.32. The Balaban J connectivity index is 1.85. The lowest BCUT2D eigenvalue weighted by atomic mass is 10.1. The maximum Gasteiger partial charge on any atom is 0.226 e. The number of aryl methyl sites for hydroxylation is 2. The first kappa shape index (κ1) is 17.9. The third-order valence-corrected chi connectivity index (χ3v) is 3.71. The number of anilines is 2. The SMILES string of the molecule is Cc1ccc(NC(=O)CCNc2ccccc2OC(C)C)cc1C. The molecule has 0 aliphatic heterocycles. The number of para-hydroxylation sites is 2. The van der Waals surface area contributed by atoms with Gasteiger partial charge < -0.3 is 15.4 Å². The van der Waals surface area contributed by atoms with Crippen LogP contribution in [0.15, 0.2) is 42.5 Å². The second-order valence-electron chi connectivity index (χ2n) is 6.19. The summed E-state index contributed by atoms with van der Waals surface area (Å²) in [5, 5.41) is 6.20. The average Bonchev–Trinajstić information content (AvgIpc) is 2.52. The van der Waals surface area contributed by atoms with Gasteiger partial charge >= 0.3 is 0 Å². The molecule has 4 heteroatoms. The van der Waals surface area contributed by atoms with Crippen LogP contribution in [0.3, 0.4) is 0 Å². The van der Waals surface area contributed by atoms with Gasteiger partial charge in [0.25, 0.3) is 0 Å². The molecule has 0 heterocycles. The standard InChI is InChI=1S/C20H26N2O2/c1-14(2)24-19-8-6-5-7-18(19)21-12-11-20(23)22-17-10-9-15(3)16(4)13-17/h5-10,13-14,21H,11-12H2,1-4H3,(H,22,23). The maximum absolute atomic E-state index is 12.1. The van der Waals surface area contributed by atoms with E-state index in [1.165, 1.54) is 11.1 Å². The molecule has 0 atom stereocenters. The van der Waals surface area contributed by atoms with Crippen LogP contribution in [0.4, 0.5) is 11.4 Å². The van der Waals surface area contributed by atoms with Crippen LogP contribution in [0.5, 0.6) is 5.75 Å². The van der Waals surface area contributed by atoms with Crippen LogP contribution in [0.25, 0.3) is 0 Å². The van der Waals surface area contributed by atoms with Crippen molar-refractivity contribution >= 4 is 17.3 Å². The molecular weight excluding hydrogens is 300 g/mol. The lowest BCUT2D eigenvalue weighted by Crippen LogP contribution is -2.17. The van der Waals surface area contributed by atoms with E-state index in [0.717, 1.165) is 17.1 Å². The van der Waals surface area contributed by atoms with E-state index in [0.29, 0.717) is 13.0 Å². The van der Waals surface area contributed by atoms with Crippen LogP contribution >= 0.6 is 0 Å². The molecule has 4 nitrogen and oxygen atoms in total. The molecule has 0 bridgehead atoms. The minimum atomic E-state index is -0.00647. The Labute approximate surface area is 144 Å². The third kappa shape index (κ3) is 5.30. The van der Waals surface area contributed by atoms with E-state index in [4.69, 9.17) is 4.74 Å². The maximum atomic E-state index is 12.1. The van der Waals surface area contributed by atoms with E-state index in [1.54, 1.807) is 0 Å². The molecule has 0 saturated carbocycles. The van der Waals surface area contributed by atoms with E-state index < -0.39 is 0 Å². The van der Waals surface area contributed by atoms with Crippen LogP contribution < -0.4 is 15.4 Å². The smallest absolute Gasteiger partial charge is 0.226 e. The molecule has 0 spiro atoms. The molecule has 0 aromatic heterocycles. The van der Waals surface area contributed by atoms with Crippen molar-refractivity contribution in [2.45, 2.75) is 40.2 Å². The van der Waals surface area contributed by atoms with Crippen molar-refractivity contribution in [3.63, 3.8) is 0 Å². The van der Waals surface area contributed by atoms with Crippen molar-refractivity contribution < 1.29 is 9.53 Å². The predicted octanol–water partition coefficient (Wildman–Crippen LogP) is 4.53. The summed E-state index contributed by atoms with van der Waals surface area (Å²) in [6.07, 6.45) is 0.504. The van der Waals surface area contributed by atoms with Gasteiger partial charge in [-0.3, -0.25) is 4.79 Å². The molecule has 1 amide bonds. The molecule has 2 aromatic carbocycles. The van der Waals surface area contributed by atoms with E-state index in [2.05, 4.69) is 17.6 Å². The Hall–Kier alpha value is -2.49. The highest BCUT2D eigenvalue weighted by atomic mass is 16.5. The summed E-state index contributed by atoms with van der Waals surface area (Å²) >= 11 is 0. The highest BCUT2D eigenvalue weighted by Crippen LogP contribution is 2.24. The second-order valence-corrected chi connectivity index (χ2v) is 6.19. The molecule has 128 valence electrons. The lowest BCUT2D eigenvalue weighted by Gasteiger charge is -2.15. The summed E-state index contributed by atoms with van der Waals surface area (Å²) < 4.78 is 5.76. The molecule has 0 radical (unpaired) electrons. The van der Waals surface area contributed by atoms with Gasteiger partial charge in [0.2, 0.25) is 5.91 Å².